The molecule has 0 saturated carbocycles. The Hall–Kier alpha value is -4.04. The van der Waals surface area contributed by atoms with E-state index in [9.17, 15) is 14.4 Å². The van der Waals surface area contributed by atoms with Crippen LogP contribution < -0.4 is 19.6 Å². The van der Waals surface area contributed by atoms with Crippen LogP contribution in [0.5, 0.6) is 5.75 Å². The number of hydrogen-bond acceptors (Lipinski definition) is 7. The van der Waals surface area contributed by atoms with Gasteiger partial charge in [-0.05, 0) is 24.6 Å². The fourth-order valence-corrected chi connectivity index (χ4v) is 4.77. The van der Waals surface area contributed by atoms with Crippen molar-refractivity contribution in [2.24, 2.45) is 4.99 Å². The SMILES string of the molecule is C=CCOC(=O)C1=C(C)N=c2sc(=Cc3ccccc3OC(C)=O)c(=O)n2[C@@H]1c1ccccc1. The largest absolute Gasteiger partial charge is 0.458 e. The van der Waals surface area contributed by atoms with Gasteiger partial charge in [0.1, 0.15) is 12.4 Å². The number of esters is 2. The first kappa shape index (κ1) is 23.1. The van der Waals surface area contributed by atoms with Crippen LogP contribution in [0.2, 0.25) is 0 Å². The van der Waals surface area contributed by atoms with Gasteiger partial charge in [0.2, 0.25) is 0 Å². The van der Waals surface area contributed by atoms with Crippen LogP contribution in [0.25, 0.3) is 6.08 Å². The number of hydrogen-bond donors (Lipinski definition) is 0. The molecule has 2 heterocycles. The molecule has 0 fully saturated rings. The lowest BCUT2D eigenvalue weighted by Crippen LogP contribution is -2.39. The van der Waals surface area contributed by atoms with Crippen LogP contribution in [-0.2, 0) is 14.3 Å². The number of carbonyl (C=O) groups is 2. The molecule has 1 aromatic heterocycles. The van der Waals surface area contributed by atoms with Crippen LogP contribution in [0.4, 0.5) is 0 Å². The molecule has 1 atom stereocenters. The van der Waals surface area contributed by atoms with Crippen LogP contribution in [-0.4, -0.2) is 23.1 Å². The summed E-state index contributed by atoms with van der Waals surface area (Å²) in [4.78, 5) is 43.1. The molecule has 172 valence electrons. The minimum atomic E-state index is -0.694. The Bertz CT molecular complexity index is 1480. The zero-order valence-electron chi connectivity index (χ0n) is 18.7. The van der Waals surface area contributed by atoms with Crippen molar-refractivity contribution in [1.82, 2.24) is 4.57 Å². The van der Waals surface area contributed by atoms with Crippen molar-refractivity contribution in [3.63, 3.8) is 0 Å². The highest BCUT2D eigenvalue weighted by Gasteiger charge is 2.33. The van der Waals surface area contributed by atoms with Crippen molar-refractivity contribution < 1.29 is 19.1 Å². The molecule has 0 N–H and O–H groups in total. The Labute approximate surface area is 199 Å². The average Bonchev–Trinajstić information content (AvgIpc) is 3.12. The molecule has 0 saturated heterocycles. The summed E-state index contributed by atoms with van der Waals surface area (Å²) in [6, 6.07) is 15.5. The number of thiazole rings is 1. The maximum atomic E-state index is 13.6. The van der Waals surface area contributed by atoms with Gasteiger partial charge in [-0.3, -0.25) is 14.2 Å². The molecule has 0 radical (unpaired) electrons. The van der Waals surface area contributed by atoms with E-state index in [1.807, 2.05) is 30.3 Å². The highest BCUT2D eigenvalue weighted by molar-refractivity contribution is 7.07. The number of carbonyl (C=O) groups excluding carboxylic acids is 2. The fraction of sp³-hybridized carbons (Fsp3) is 0.154. The van der Waals surface area contributed by atoms with Gasteiger partial charge >= 0.3 is 11.9 Å². The number of para-hydroxylation sites is 1. The van der Waals surface area contributed by atoms with E-state index in [0.717, 1.165) is 5.56 Å². The van der Waals surface area contributed by atoms with Gasteiger partial charge < -0.3 is 9.47 Å². The second-order valence-corrected chi connectivity index (χ2v) is 8.52. The Morgan fingerprint density at radius 2 is 1.85 bits per heavy atom. The Morgan fingerprint density at radius 3 is 2.56 bits per heavy atom. The summed E-state index contributed by atoms with van der Waals surface area (Å²) < 4.78 is 12.5. The van der Waals surface area contributed by atoms with Crippen molar-refractivity contribution in [2.45, 2.75) is 19.9 Å². The predicted molar refractivity (Wildman–Crippen MR) is 129 cm³/mol. The summed E-state index contributed by atoms with van der Waals surface area (Å²) >= 11 is 1.20. The Morgan fingerprint density at radius 1 is 1.15 bits per heavy atom. The topological polar surface area (TPSA) is 87.0 Å². The number of fused-ring (bicyclic) bond motifs is 1. The van der Waals surface area contributed by atoms with Gasteiger partial charge in [-0.15, -0.1) is 0 Å². The molecule has 0 unspecified atom stereocenters. The van der Waals surface area contributed by atoms with Gasteiger partial charge in [-0.25, -0.2) is 9.79 Å². The van der Waals surface area contributed by atoms with E-state index >= 15 is 0 Å². The summed E-state index contributed by atoms with van der Waals surface area (Å²) in [7, 11) is 0. The molecule has 0 aliphatic carbocycles. The predicted octanol–water partition coefficient (Wildman–Crippen LogP) is 2.89. The maximum Gasteiger partial charge on any atom is 0.338 e. The highest BCUT2D eigenvalue weighted by atomic mass is 32.1. The summed E-state index contributed by atoms with van der Waals surface area (Å²) in [6.45, 7) is 6.69. The van der Waals surface area contributed by atoms with E-state index in [-0.39, 0.29) is 12.2 Å². The lowest BCUT2D eigenvalue weighted by Gasteiger charge is -2.24. The molecule has 1 aliphatic heterocycles. The van der Waals surface area contributed by atoms with Gasteiger partial charge in [0, 0.05) is 12.5 Å². The van der Waals surface area contributed by atoms with Crippen LogP contribution in [0.1, 0.15) is 31.0 Å². The number of nitrogens with zero attached hydrogens (tertiary/aromatic N) is 2. The average molecular weight is 475 g/mol. The number of benzene rings is 2. The van der Waals surface area contributed by atoms with Gasteiger partial charge in [0.25, 0.3) is 5.56 Å². The van der Waals surface area contributed by atoms with Crippen LogP contribution in [0.15, 0.2) is 88.3 Å². The summed E-state index contributed by atoms with van der Waals surface area (Å²) in [5.74, 6) is -0.653. The van der Waals surface area contributed by atoms with E-state index < -0.39 is 18.0 Å². The lowest BCUT2D eigenvalue weighted by atomic mass is 9.96. The smallest absolute Gasteiger partial charge is 0.338 e. The number of aromatic nitrogens is 1. The van der Waals surface area contributed by atoms with E-state index in [2.05, 4.69) is 11.6 Å². The minimum Gasteiger partial charge on any atom is -0.458 e. The molecule has 2 aromatic carbocycles. The second-order valence-electron chi connectivity index (χ2n) is 7.51. The van der Waals surface area contributed by atoms with Gasteiger partial charge in [-0.1, -0.05) is 72.5 Å². The molecule has 4 rings (SSSR count). The minimum absolute atomic E-state index is 0.0501. The third-order valence-corrected chi connectivity index (χ3v) is 6.13. The monoisotopic (exact) mass is 474 g/mol. The molecule has 0 spiro atoms. The molecular weight excluding hydrogens is 452 g/mol. The van der Waals surface area contributed by atoms with Gasteiger partial charge in [-0.2, -0.15) is 0 Å². The van der Waals surface area contributed by atoms with E-state index in [1.54, 1.807) is 37.3 Å². The molecule has 0 amide bonds. The van der Waals surface area contributed by atoms with Gasteiger partial charge in [0.15, 0.2) is 4.80 Å². The van der Waals surface area contributed by atoms with E-state index in [4.69, 9.17) is 9.47 Å². The number of rotatable bonds is 6. The van der Waals surface area contributed by atoms with Crippen LogP contribution >= 0.6 is 11.3 Å². The first-order valence-electron chi connectivity index (χ1n) is 10.5. The normalized spacial score (nSPS) is 15.4. The maximum absolute atomic E-state index is 13.6. The molecule has 1 aliphatic rings. The second kappa shape index (κ2) is 9.84. The molecule has 0 bridgehead atoms. The number of allylic oxidation sites excluding steroid dienone is 1. The van der Waals surface area contributed by atoms with Crippen molar-refractivity contribution in [3.05, 3.63) is 109 Å². The lowest BCUT2D eigenvalue weighted by molar-refractivity contribution is -0.138. The van der Waals surface area contributed by atoms with Crippen molar-refractivity contribution >= 4 is 29.4 Å². The zero-order valence-corrected chi connectivity index (χ0v) is 19.5. The zero-order chi connectivity index (χ0) is 24.2. The van der Waals surface area contributed by atoms with Crippen molar-refractivity contribution in [1.29, 1.82) is 0 Å². The quantitative estimate of drug-likeness (QED) is 0.312. The van der Waals surface area contributed by atoms with Crippen LogP contribution in [0, 0.1) is 0 Å². The first-order chi connectivity index (χ1) is 16.4. The van der Waals surface area contributed by atoms with E-state index in [1.165, 1.54) is 28.9 Å². The first-order valence-corrected chi connectivity index (χ1v) is 11.4. The van der Waals surface area contributed by atoms with E-state index in [0.29, 0.717) is 31.9 Å². The molecule has 3 aromatic rings. The highest BCUT2D eigenvalue weighted by Crippen LogP contribution is 2.30. The van der Waals surface area contributed by atoms with Crippen LogP contribution in [0.3, 0.4) is 0 Å². The van der Waals surface area contributed by atoms with Crippen molar-refractivity contribution in [2.75, 3.05) is 6.61 Å². The number of ether oxygens (including phenoxy) is 2. The molecule has 7 nitrogen and oxygen atoms in total. The Kier molecular flexibility index (Phi) is 6.70. The molecule has 34 heavy (non-hydrogen) atoms. The Balaban J connectivity index is 1.92. The summed E-state index contributed by atoms with van der Waals surface area (Å²) in [6.07, 6.45) is 3.15. The third kappa shape index (κ3) is 4.53. The molecular formula is C26H22N2O5S. The summed E-state index contributed by atoms with van der Waals surface area (Å²) in [5, 5.41) is 0. The molecule has 8 heteroatoms. The van der Waals surface area contributed by atoms with Crippen molar-refractivity contribution in [3.8, 4) is 5.75 Å². The third-order valence-electron chi connectivity index (χ3n) is 5.15. The van der Waals surface area contributed by atoms with Gasteiger partial charge in [0.05, 0.1) is 21.8 Å². The summed E-state index contributed by atoms with van der Waals surface area (Å²) in [5.41, 5.74) is 1.82. The fourth-order valence-electron chi connectivity index (χ4n) is 3.73. The standard InChI is InChI=1S/C26H22N2O5S/c1-4-14-32-25(31)22-16(2)27-26-28(23(22)18-10-6-5-7-11-18)24(30)21(34-26)15-19-12-8-9-13-20(19)33-17(3)29/h4-13,15,23H,1,14H2,2-3H3/t23-/m1/s1.